The van der Waals surface area contributed by atoms with Gasteiger partial charge in [-0.3, -0.25) is 9.69 Å². The van der Waals surface area contributed by atoms with Crippen molar-refractivity contribution in [1.82, 2.24) is 9.88 Å². The van der Waals surface area contributed by atoms with Crippen molar-refractivity contribution in [3.8, 4) is 5.88 Å². The molecule has 2 aromatic rings. The van der Waals surface area contributed by atoms with E-state index in [2.05, 4.69) is 40.3 Å². The van der Waals surface area contributed by atoms with Crippen LogP contribution in [0, 0.1) is 6.92 Å². The van der Waals surface area contributed by atoms with Crippen LogP contribution in [0.4, 0.5) is 5.82 Å². The van der Waals surface area contributed by atoms with E-state index >= 15 is 0 Å². The molecule has 0 radical (unpaired) electrons. The molecule has 0 unspecified atom stereocenters. The minimum Gasteiger partial charge on any atom is -0.478 e. The van der Waals surface area contributed by atoms with Gasteiger partial charge in [0.1, 0.15) is 5.82 Å². The Morgan fingerprint density at radius 3 is 2.89 bits per heavy atom. The highest BCUT2D eigenvalue weighted by Gasteiger charge is 2.17. The number of aromatic nitrogens is 1. The van der Waals surface area contributed by atoms with Crippen molar-refractivity contribution in [1.29, 1.82) is 0 Å². The van der Waals surface area contributed by atoms with Gasteiger partial charge in [-0.2, -0.15) is 4.98 Å². The second-order valence-corrected chi connectivity index (χ2v) is 7.56. The summed E-state index contributed by atoms with van der Waals surface area (Å²) in [6, 6.07) is 10.7. The second-order valence-electron chi connectivity index (χ2n) is 7.56. The minimum absolute atomic E-state index is 0.0328. The molecule has 0 aliphatic carbocycles. The maximum absolute atomic E-state index is 11.5. The molecule has 4 rings (SSSR count). The third-order valence-corrected chi connectivity index (χ3v) is 5.40. The molecule has 1 aromatic carbocycles. The van der Waals surface area contributed by atoms with Crippen LogP contribution in [0.2, 0.25) is 0 Å². The van der Waals surface area contributed by atoms with Gasteiger partial charge in [0.15, 0.2) is 0 Å². The highest BCUT2D eigenvalue weighted by Crippen LogP contribution is 2.23. The van der Waals surface area contributed by atoms with Crippen molar-refractivity contribution in [3.05, 3.63) is 52.6 Å². The molecule has 142 valence electrons. The van der Waals surface area contributed by atoms with Crippen LogP contribution < -0.4 is 10.1 Å². The van der Waals surface area contributed by atoms with Crippen LogP contribution in [0.3, 0.4) is 0 Å². The van der Waals surface area contributed by atoms with Crippen LogP contribution in [0.25, 0.3) is 0 Å². The largest absolute Gasteiger partial charge is 0.478 e. The molecule has 1 amide bonds. The van der Waals surface area contributed by atoms with Gasteiger partial charge in [0.05, 0.1) is 6.61 Å². The van der Waals surface area contributed by atoms with Gasteiger partial charge in [-0.15, -0.1) is 0 Å². The molecule has 27 heavy (non-hydrogen) atoms. The van der Waals surface area contributed by atoms with E-state index in [1.54, 1.807) is 0 Å². The number of hydrogen-bond acceptors (Lipinski definition) is 4. The highest BCUT2D eigenvalue weighted by molar-refractivity contribution is 5.92. The minimum atomic E-state index is 0.0328. The topological polar surface area (TPSA) is 54.5 Å². The average molecular weight is 365 g/mol. The van der Waals surface area contributed by atoms with E-state index in [4.69, 9.17) is 4.74 Å². The number of pyridine rings is 1. The first-order chi connectivity index (χ1) is 13.2. The van der Waals surface area contributed by atoms with E-state index in [0.29, 0.717) is 24.7 Å². The highest BCUT2D eigenvalue weighted by atomic mass is 16.5. The number of carbonyl (C=O) groups excluding carboxylic acids is 1. The zero-order chi connectivity index (χ0) is 18.6. The lowest BCUT2D eigenvalue weighted by atomic mass is 9.97. The third-order valence-electron chi connectivity index (χ3n) is 5.40. The Morgan fingerprint density at radius 1 is 1.07 bits per heavy atom. The first kappa shape index (κ1) is 18.0. The summed E-state index contributed by atoms with van der Waals surface area (Å²) < 4.78 is 5.79. The zero-order valence-electron chi connectivity index (χ0n) is 16.0. The van der Waals surface area contributed by atoms with Gasteiger partial charge in [0.25, 0.3) is 0 Å². The van der Waals surface area contributed by atoms with Crippen molar-refractivity contribution in [2.75, 3.05) is 25.0 Å². The lowest BCUT2D eigenvalue weighted by Gasteiger charge is -2.29. The fourth-order valence-corrected chi connectivity index (χ4v) is 3.85. The molecule has 2 aliphatic heterocycles. The number of nitrogens with zero attached hydrogens (tertiary/aromatic N) is 2. The van der Waals surface area contributed by atoms with E-state index in [1.807, 2.05) is 12.1 Å². The number of rotatable bonds is 6. The SMILES string of the molecule is Cc1ccc2c(c1)CN(CCCCOc1ccc3c(n1)NC(=O)CC3)CC2. The number of hydrogen-bond donors (Lipinski definition) is 1. The molecular weight excluding hydrogens is 338 g/mol. The van der Waals surface area contributed by atoms with Crippen molar-refractivity contribution in [3.63, 3.8) is 0 Å². The van der Waals surface area contributed by atoms with Gasteiger partial charge >= 0.3 is 0 Å². The number of anilines is 1. The fourth-order valence-electron chi connectivity index (χ4n) is 3.85. The van der Waals surface area contributed by atoms with Crippen molar-refractivity contribution < 1.29 is 9.53 Å². The molecule has 0 fully saturated rings. The zero-order valence-corrected chi connectivity index (χ0v) is 16.0. The Balaban J connectivity index is 1.20. The number of amides is 1. The van der Waals surface area contributed by atoms with Crippen LogP contribution in [0.1, 0.15) is 41.5 Å². The quantitative estimate of drug-likeness (QED) is 0.796. The summed E-state index contributed by atoms with van der Waals surface area (Å²) in [7, 11) is 0. The summed E-state index contributed by atoms with van der Waals surface area (Å²) in [6.45, 7) is 6.12. The van der Waals surface area contributed by atoms with E-state index in [-0.39, 0.29) is 5.91 Å². The molecule has 5 heteroatoms. The van der Waals surface area contributed by atoms with E-state index in [9.17, 15) is 4.79 Å². The molecule has 0 saturated carbocycles. The van der Waals surface area contributed by atoms with Gasteiger partial charge in [0, 0.05) is 25.6 Å². The first-order valence-electron chi connectivity index (χ1n) is 9.91. The number of carbonyl (C=O) groups is 1. The van der Waals surface area contributed by atoms with Crippen molar-refractivity contribution in [2.45, 2.75) is 45.6 Å². The predicted octanol–water partition coefficient (Wildman–Crippen LogP) is 3.49. The standard InChI is InChI=1S/C22H27N3O2/c1-16-4-5-17-10-12-25(15-19(17)14-16)11-2-3-13-27-21-9-7-18-6-8-20(26)23-22(18)24-21/h4-5,7,9,14H,2-3,6,8,10-13,15H2,1H3,(H,23,24,26). The molecule has 0 atom stereocenters. The number of aryl methyl sites for hydroxylation is 2. The average Bonchev–Trinajstić information content (AvgIpc) is 2.67. The number of unbranched alkanes of at least 4 members (excludes halogenated alkanes) is 1. The number of benzene rings is 1. The maximum atomic E-state index is 11.5. The van der Waals surface area contributed by atoms with E-state index in [1.165, 1.54) is 16.7 Å². The Labute approximate surface area is 160 Å². The predicted molar refractivity (Wildman–Crippen MR) is 106 cm³/mol. The molecule has 0 bridgehead atoms. The van der Waals surface area contributed by atoms with Crippen LogP contribution in [0.5, 0.6) is 5.88 Å². The van der Waals surface area contributed by atoms with E-state index < -0.39 is 0 Å². The van der Waals surface area contributed by atoms with Crippen molar-refractivity contribution in [2.24, 2.45) is 0 Å². The molecule has 1 N–H and O–H groups in total. The number of fused-ring (bicyclic) bond motifs is 2. The Bertz CT molecular complexity index is 834. The molecular formula is C22H27N3O2. The van der Waals surface area contributed by atoms with Crippen LogP contribution in [-0.4, -0.2) is 35.5 Å². The van der Waals surface area contributed by atoms with Gasteiger partial charge < -0.3 is 10.1 Å². The Morgan fingerprint density at radius 2 is 1.96 bits per heavy atom. The first-order valence-corrected chi connectivity index (χ1v) is 9.91. The molecule has 0 spiro atoms. The summed E-state index contributed by atoms with van der Waals surface area (Å²) in [5.74, 6) is 1.29. The van der Waals surface area contributed by atoms with Crippen LogP contribution in [0.15, 0.2) is 30.3 Å². The summed E-state index contributed by atoms with van der Waals surface area (Å²) in [4.78, 5) is 18.4. The monoisotopic (exact) mass is 365 g/mol. The summed E-state index contributed by atoms with van der Waals surface area (Å²) in [6.07, 6.45) is 4.56. The summed E-state index contributed by atoms with van der Waals surface area (Å²) in [5, 5.41) is 2.82. The maximum Gasteiger partial charge on any atom is 0.225 e. The molecule has 1 aromatic heterocycles. The Kier molecular flexibility index (Phi) is 5.39. The molecule has 3 heterocycles. The molecule has 5 nitrogen and oxygen atoms in total. The lowest BCUT2D eigenvalue weighted by Crippen LogP contribution is -2.31. The van der Waals surface area contributed by atoms with Gasteiger partial charge in [-0.05, 0) is 61.9 Å². The number of nitrogens with one attached hydrogen (secondary N) is 1. The Hall–Kier alpha value is -2.40. The second kappa shape index (κ2) is 8.09. The normalized spacial score (nSPS) is 16.4. The van der Waals surface area contributed by atoms with Crippen LogP contribution in [-0.2, 0) is 24.2 Å². The summed E-state index contributed by atoms with van der Waals surface area (Å²) >= 11 is 0. The fraction of sp³-hybridized carbons (Fsp3) is 0.455. The van der Waals surface area contributed by atoms with Crippen molar-refractivity contribution >= 4 is 11.7 Å². The van der Waals surface area contributed by atoms with Gasteiger partial charge in [-0.25, -0.2) is 0 Å². The van der Waals surface area contributed by atoms with Gasteiger partial charge in [-0.1, -0.05) is 23.8 Å². The third kappa shape index (κ3) is 4.48. The van der Waals surface area contributed by atoms with Gasteiger partial charge in [0.2, 0.25) is 11.8 Å². The van der Waals surface area contributed by atoms with E-state index in [0.717, 1.165) is 50.9 Å². The number of ether oxygens (including phenoxy) is 1. The summed E-state index contributed by atoms with van der Waals surface area (Å²) in [5.41, 5.74) is 5.42. The molecule has 2 aliphatic rings. The van der Waals surface area contributed by atoms with Crippen LogP contribution >= 0.6 is 0 Å². The smallest absolute Gasteiger partial charge is 0.225 e. The molecule has 0 saturated heterocycles. The lowest BCUT2D eigenvalue weighted by molar-refractivity contribution is -0.116.